The van der Waals surface area contributed by atoms with E-state index in [1.54, 1.807) is 13.2 Å². The van der Waals surface area contributed by atoms with Crippen molar-refractivity contribution in [1.82, 2.24) is 4.31 Å². The second-order valence-corrected chi connectivity index (χ2v) is 8.65. The molecule has 0 aromatic heterocycles. The second kappa shape index (κ2) is 8.39. The van der Waals surface area contributed by atoms with Gasteiger partial charge >= 0.3 is 0 Å². The molecule has 3 rings (SSSR count). The van der Waals surface area contributed by atoms with Crippen molar-refractivity contribution in [1.29, 1.82) is 0 Å². The van der Waals surface area contributed by atoms with E-state index >= 15 is 0 Å². The monoisotopic (exact) mass is 395 g/mol. The summed E-state index contributed by atoms with van der Waals surface area (Å²) in [5.74, 6) is 0.778. The van der Waals surface area contributed by atoms with Crippen LogP contribution in [0.5, 0.6) is 5.75 Å². The lowest BCUT2D eigenvalue weighted by Gasteiger charge is -2.32. The van der Waals surface area contributed by atoms with Gasteiger partial charge in [-0.2, -0.15) is 4.31 Å². The molecule has 1 saturated heterocycles. The zero-order chi connectivity index (χ0) is 18.6. The molecule has 1 aliphatic heterocycles. The lowest BCUT2D eigenvalue weighted by Crippen LogP contribution is -2.43. The highest BCUT2D eigenvalue weighted by Gasteiger charge is 2.30. The van der Waals surface area contributed by atoms with Gasteiger partial charge in [-0.15, -0.1) is 0 Å². The molecule has 1 fully saturated rings. The van der Waals surface area contributed by atoms with E-state index in [2.05, 4.69) is 0 Å². The van der Waals surface area contributed by atoms with E-state index in [1.165, 1.54) is 4.31 Å². The van der Waals surface area contributed by atoms with Crippen molar-refractivity contribution < 1.29 is 17.9 Å². The first-order valence-electron chi connectivity index (χ1n) is 8.46. The molecule has 0 aliphatic carbocycles. The van der Waals surface area contributed by atoms with Crippen LogP contribution in [0.1, 0.15) is 17.2 Å². The van der Waals surface area contributed by atoms with Crippen LogP contribution >= 0.6 is 11.6 Å². The van der Waals surface area contributed by atoms with Crippen molar-refractivity contribution in [2.75, 3.05) is 32.6 Å². The number of rotatable bonds is 6. The standard InChI is InChI=1S/C19H22ClNO4S/c1-24-16-6-4-5-15(13-16)9-12-26(22,23)21-10-11-25-19(14-21)17-7-2-3-8-18(17)20/h2-8,13,19H,9-12,14H2,1H3. The first kappa shape index (κ1) is 19.2. The Labute approximate surface area is 159 Å². The second-order valence-electron chi connectivity index (χ2n) is 6.16. The summed E-state index contributed by atoms with van der Waals surface area (Å²) in [6, 6.07) is 14.9. The Balaban J connectivity index is 1.67. The molecule has 7 heteroatoms. The lowest BCUT2D eigenvalue weighted by molar-refractivity contribution is -0.00247. The van der Waals surface area contributed by atoms with Gasteiger partial charge in [0.25, 0.3) is 0 Å². The van der Waals surface area contributed by atoms with Crippen molar-refractivity contribution >= 4 is 21.6 Å². The van der Waals surface area contributed by atoms with Gasteiger partial charge < -0.3 is 9.47 Å². The van der Waals surface area contributed by atoms with Gasteiger partial charge in [-0.25, -0.2) is 8.42 Å². The van der Waals surface area contributed by atoms with E-state index in [0.29, 0.717) is 24.6 Å². The predicted molar refractivity (Wildman–Crippen MR) is 102 cm³/mol. The Hall–Kier alpha value is -1.60. The highest BCUT2D eigenvalue weighted by Crippen LogP contribution is 2.29. The highest BCUT2D eigenvalue weighted by atomic mass is 35.5. The number of nitrogens with zero attached hydrogens (tertiary/aromatic N) is 1. The SMILES string of the molecule is COc1cccc(CCS(=O)(=O)N2CCOC(c3ccccc3Cl)C2)c1. The zero-order valence-electron chi connectivity index (χ0n) is 14.6. The third kappa shape index (κ3) is 4.57. The average molecular weight is 396 g/mol. The molecule has 2 aromatic rings. The van der Waals surface area contributed by atoms with Gasteiger partial charge in [0, 0.05) is 23.7 Å². The van der Waals surface area contributed by atoms with Gasteiger partial charge in [-0.1, -0.05) is 41.9 Å². The minimum atomic E-state index is -3.39. The summed E-state index contributed by atoms with van der Waals surface area (Å²) in [6.07, 6.45) is 0.0947. The number of hydrogen-bond acceptors (Lipinski definition) is 4. The van der Waals surface area contributed by atoms with Crippen LogP contribution in [-0.4, -0.2) is 45.3 Å². The third-order valence-corrected chi connectivity index (χ3v) is 6.64. The molecule has 1 unspecified atom stereocenters. The van der Waals surface area contributed by atoms with E-state index in [1.807, 2.05) is 42.5 Å². The fraction of sp³-hybridized carbons (Fsp3) is 0.368. The molecule has 26 heavy (non-hydrogen) atoms. The van der Waals surface area contributed by atoms with Crippen LogP contribution in [0.15, 0.2) is 48.5 Å². The first-order chi connectivity index (χ1) is 12.5. The predicted octanol–water partition coefficient (Wildman–Crippen LogP) is 3.29. The topological polar surface area (TPSA) is 55.8 Å². The van der Waals surface area contributed by atoms with Gasteiger partial charge in [0.05, 0.1) is 25.6 Å². The number of methoxy groups -OCH3 is 1. The molecule has 0 radical (unpaired) electrons. The fourth-order valence-electron chi connectivity index (χ4n) is 3.01. The molecule has 0 bridgehead atoms. The molecule has 0 spiro atoms. The first-order valence-corrected chi connectivity index (χ1v) is 10.4. The van der Waals surface area contributed by atoms with Crippen LogP contribution in [0.3, 0.4) is 0 Å². The minimum absolute atomic E-state index is 0.0510. The van der Waals surface area contributed by atoms with Crippen LogP contribution in [0.4, 0.5) is 0 Å². The molecular formula is C19H22ClNO4S. The molecule has 1 atom stereocenters. The highest BCUT2D eigenvalue weighted by molar-refractivity contribution is 7.89. The molecule has 140 valence electrons. The maximum absolute atomic E-state index is 12.8. The van der Waals surface area contributed by atoms with Gasteiger partial charge in [0.15, 0.2) is 0 Å². The van der Waals surface area contributed by atoms with Gasteiger partial charge in [-0.05, 0) is 30.2 Å². The van der Waals surface area contributed by atoms with E-state index in [-0.39, 0.29) is 18.4 Å². The van der Waals surface area contributed by atoms with Crippen molar-refractivity contribution in [3.8, 4) is 5.75 Å². The van der Waals surface area contributed by atoms with Crippen LogP contribution in [-0.2, 0) is 21.2 Å². The number of hydrogen-bond donors (Lipinski definition) is 0. The largest absolute Gasteiger partial charge is 0.497 e. The zero-order valence-corrected chi connectivity index (χ0v) is 16.2. The van der Waals surface area contributed by atoms with Crippen molar-refractivity contribution in [3.63, 3.8) is 0 Å². The fourth-order valence-corrected chi connectivity index (χ4v) is 4.73. The molecule has 1 aliphatic rings. The molecule has 5 nitrogen and oxygen atoms in total. The molecule has 0 N–H and O–H groups in total. The van der Waals surface area contributed by atoms with Crippen LogP contribution in [0.25, 0.3) is 0 Å². The van der Waals surface area contributed by atoms with E-state index in [9.17, 15) is 8.42 Å². The van der Waals surface area contributed by atoms with Gasteiger partial charge in [-0.3, -0.25) is 0 Å². The Morgan fingerprint density at radius 1 is 1.23 bits per heavy atom. The van der Waals surface area contributed by atoms with Crippen molar-refractivity contribution in [3.05, 3.63) is 64.7 Å². The van der Waals surface area contributed by atoms with Gasteiger partial charge in [0.1, 0.15) is 5.75 Å². The summed E-state index contributed by atoms with van der Waals surface area (Å²) in [5, 5.41) is 0.591. The maximum Gasteiger partial charge on any atom is 0.214 e. The quantitative estimate of drug-likeness (QED) is 0.753. The van der Waals surface area contributed by atoms with Crippen LogP contribution < -0.4 is 4.74 Å². The summed E-state index contributed by atoms with van der Waals surface area (Å²) in [7, 11) is -1.79. The van der Waals surface area contributed by atoms with E-state index < -0.39 is 10.0 Å². The summed E-state index contributed by atoms with van der Waals surface area (Å²) in [6.45, 7) is 1.000. The summed E-state index contributed by atoms with van der Waals surface area (Å²) >= 11 is 6.23. The number of sulfonamides is 1. The summed E-state index contributed by atoms with van der Waals surface area (Å²) in [5.41, 5.74) is 1.76. The number of halogens is 1. The summed E-state index contributed by atoms with van der Waals surface area (Å²) in [4.78, 5) is 0. The number of ether oxygens (including phenoxy) is 2. The number of benzene rings is 2. The minimum Gasteiger partial charge on any atom is -0.497 e. The normalized spacial score (nSPS) is 18.6. The number of aryl methyl sites for hydroxylation is 1. The third-order valence-electron chi connectivity index (χ3n) is 4.46. The Kier molecular flexibility index (Phi) is 6.19. The number of morpholine rings is 1. The van der Waals surface area contributed by atoms with E-state index in [4.69, 9.17) is 21.1 Å². The Morgan fingerprint density at radius 3 is 2.81 bits per heavy atom. The molecule has 1 heterocycles. The van der Waals surface area contributed by atoms with E-state index in [0.717, 1.165) is 16.9 Å². The van der Waals surface area contributed by atoms with Crippen LogP contribution in [0, 0.1) is 0 Å². The molecule has 2 aromatic carbocycles. The van der Waals surface area contributed by atoms with Crippen molar-refractivity contribution in [2.45, 2.75) is 12.5 Å². The van der Waals surface area contributed by atoms with Gasteiger partial charge in [0.2, 0.25) is 10.0 Å². The smallest absolute Gasteiger partial charge is 0.214 e. The lowest BCUT2D eigenvalue weighted by atomic mass is 10.1. The summed E-state index contributed by atoms with van der Waals surface area (Å²) < 4.78 is 38.0. The molecular weight excluding hydrogens is 374 g/mol. The average Bonchev–Trinajstić information content (AvgIpc) is 2.67. The molecule has 0 amide bonds. The Bertz CT molecular complexity index is 856. The molecule has 0 saturated carbocycles. The van der Waals surface area contributed by atoms with Crippen LogP contribution in [0.2, 0.25) is 5.02 Å². The van der Waals surface area contributed by atoms with Crippen molar-refractivity contribution in [2.24, 2.45) is 0 Å². The Morgan fingerprint density at radius 2 is 2.04 bits per heavy atom. The maximum atomic E-state index is 12.8.